The van der Waals surface area contributed by atoms with Crippen LogP contribution in [0.5, 0.6) is 0 Å². The molecule has 3 nitrogen and oxygen atoms in total. The normalized spacial score (nSPS) is 23.6. The summed E-state index contributed by atoms with van der Waals surface area (Å²) in [7, 11) is 0. The lowest BCUT2D eigenvalue weighted by Gasteiger charge is -2.14. The Kier molecular flexibility index (Phi) is 5.39. The van der Waals surface area contributed by atoms with Crippen LogP contribution in [0.3, 0.4) is 0 Å². The molecular weight excluding hydrogens is 234 g/mol. The van der Waals surface area contributed by atoms with Crippen molar-refractivity contribution in [1.82, 2.24) is 5.32 Å². The SMILES string of the molecule is O=C(CCBr)NC1CCCOCC1. The Hall–Kier alpha value is -0.0900. The van der Waals surface area contributed by atoms with Crippen LogP contribution < -0.4 is 5.32 Å². The summed E-state index contributed by atoms with van der Waals surface area (Å²) in [5.41, 5.74) is 0. The minimum atomic E-state index is 0.142. The summed E-state index contributed by atoms with van der Waals surface area (Å²) >= 11 is 3.24. The van der Waals surface area contributed by atoms with Crippen molar-refractivity contribution in [3.8, 4) is 0 Å². The smallest absolute Gasteiger partial charge is 0.221 e. The van der Waals surface area contributed by atoms with Crippen LogP contribution in [0.25, 0.3) is 0 Å². The standard InChI is InChI=1S/C9H16BrNO2/c10-5-3-9(12)11-8-2-1-6-13-7-4-8/h8H,1-7H2,(H,11,12). The van der Waals surface area contributed by atoms with Crippen LogP contribution in [0.15, 0.2) is 0 Å². The molecule has 0 spiro atoms. The zero-order valence-corrected chi connectivity index (χ0v) is 9.31. The summed E-state index contributed by atoms with van der Waals surface area (Å²) in [6.07, 6.45) is 3.62. The molecule has 1 fully saturated rings. The second kappa shape index (κ2) is 6.38. The van der Waals surface area contributed by atoms with Gasteiger partial charge in [-0.05, 0) is 19.3 Å². The second-order valence-corrected chi connectivity index (χ2v) is 4.04. The van der Waals surface area contributed by atoms with Gasteiger partial charge in [0.1, 0.15) is 0 Å². The van der Waals surface area contributed by atoms with E-state index in [-0.39, 0.29) is 5.91 Å². The molecule has 1 aliphatic rings. The zero-order valence-electron chi connectivity index (χ0n) is 7.72. The average molecular weight is 250 g/mol. The number of ether oxygens (including phenoxy) is 1. The predicted octanol–water partition coefficient (Wildman–Crippen LogP) is 1.46. The van der Waals surface area contributed by atoms with Gasteiger partial charge in [0.25, 0.3) is 0 Å². The lowest BCUT2D eigenvalue weighted by molar-refractivity contribution is -0.121. The summed E-state index contributed by atoms with van der Waals surface area (Å²) in [5.74, 6) is 0.142. The Morgan fingerprint density at radius 3 is 3.08 bits per heavy atom. The number of hydrogen-bond donors (Lipinski definition) is 1. The molecule has 1 amide bonds. The molecule has 1 N–H and O–H groups in total. The fourth-order valence-corrected chi connectivity index (χ4v) is 1.79. The molecule has 1 atom stereocenters. The number of alkyl halides is 1. The summed E-state index contributed by atoms with van der Waals surface area (Å²) < 4.78 is 5.31. The van der Waals surface area contributed by atoms with Crippen LogP contribution in [-0.2, 0) is 9.53 Å². The minimum Gasteiger partial charge on any atom is -0.381 e. The van der Waals surface area contributed by atoms with Gasteiger partial charge in [-0.2, -0.15) is 0 Å². The number of carbonyl (C=O) groups is 1. The van der Waals surface area contributed by atoms with E-state index in [4.69, 9.17) is 4.74 Å². The van der Waals surface area contributed by atoms with Crippen LogP contribution in [0.2, 0.25) is 0 Å². The third-order valence-corrected chi connectivity index (χ3v) is 2.54. The highest BCUT2D eigenvalue weighted by Crippen LogP contribution is 2.08. The highest BCUT2D eigenvalue weighted by Gasteiger charge is 2.13. The fourth-order valence-electron chi connectivity index (χ4n) is 1.43. The molecule has 13 heavy (non-hydrogen) atoms. The number of rotatable bonds is 3. The van der Waals surface area contributed by atoms with Crippen molar-refractivity contribution in [3.63, 3.8) is 0 Å². The largest absolute Gasteiger partial charge is 0.381 e. The third kappa shape index (κ3) is 4.62. The molecule has 0 aliphatic carbocycles. The van der Waals surface area contributed by atoms with Crippen molar-refractivity contribution in [2.75, 3.05) is 18.5 Å². The monoisotopic (exact) mass is 249 g/mol. The van der Waals surface area contributed by atoms with Crippen LogP contribution >= 0.6 is 15.9 Å². The average Bonchev–Trinajstić information content (AvgIpc) is 2.33. The molecule has 0 bridgehead atoms. The molecular formula is C9H16BrNO2. The number of carbonyl (C=O) groups excluding carboxylic acids is 1. The van der Waals surface area contributed by atoms with Crippen molar-refractivity contribution in [3.05, 3.63) is 0 Å². The Morgan fingerprint density at radius 1 is 1.46 bits per heavy atom. The number of halogens is 1. The van der Waals surface area contributed by atoms with E-state index in [2.05, 4.69) is 21.2 Å². The number of nitrogens with one attached hydrogen (secondary N) is 1. The Balaban J connectivity index is 2.21. The molecule has 4 heteroatoms. The molecule has 0 saturated carbocycles. The van der Waals surface area contributed by atoms with E-state index in [0.29, 0.717) is 12.5 Å². The van der Waals surface area contributed by atoms with Gasteiger partial charge in [-0.25, -0.2) is 0 Å². The highest BCUT2D eigenvalue weighted by atomic mass is 79.9. The van der Waals surface area contributed by atoms with E-state index in [0.717, 1.165) is 37.8 Å². The van der Waals surface area contributed by atoms with Crippen LogP contribution in [0.4, 0.5) is 0 Å². The van der Waals surface area contributed by atoms with Gasteiger partial charge in [-0.15, -0.1) is 0 Å². The Morgan fingerprint density at radius 2 is 2.31 bits per heavy atom. The summed E-state index contributed by atoms with van der Waals surface area (Å²) in [6, 6.07) is 0.328. The van der Waals surface area contributed by atoms with Crippen LogP contribution in [-0.4, -0.2) is 30.5 Å². The van der Waals surface area contributed by atoms with Gasteiger partial charge in [-0.1, -0.05) is 15.9 Å². The van der Waals surface area contributed by atoms with Crippen molar-refractivity contribution < 1.29 is 9.53 Å². The fraction of sp³-hybridized carbons (Fsp3) is 0.889. The van der Waals surface area contributed by atoms with Crippen LogP contribution in [0, 0.1) is 0 Å². The van der Waals surface area contributed by atoms with Crippen LogP contribution in [0.1, 0.15) is 25.7 Å². The number of amides is 1. The van der Waals surface area contributed by atoms with Gasteiger partial charge in [-0.3, -0.25) is 4.79 Å². The van der Waals surface area contributed by atoms with Gasteiger partial charge in [0.05, 0.1) is 0 Å². The topological polar surface area (TPSA) is 38.3 Å². The van der Waals surface area contributed by atoms with Crippen molar-refractivity contribution in [1.29, 1.82) is 0 Å². The molecule has 1 heterocycles. The molecule has 0 radical (unpaired) electrons. The summed E-state index contributed by atoms with van der Waals surface area (Å²) in [6.45, 7) is 1.62. The lowest BCUT2D eigenvalue weighted by Crippen LogP contribution is -2.34. The van der Waals surface area contributed by atoms with Gasteiger partial charge in [0.2, 0.25) is 5.91 Å². The maximum Gasteiger partial charge on any atom is 0.221 e. The molecule has 0 aromatic carbocycles. The lowest BCUT2D eigenvalue weighted by atomic mass is 10.1. The van der Waals surface area contributed by atoms with Gasteiger partial charge >= 0.3 is 0 Å². The van der Waals surface area contributed by atoms with Gasteiger partial charge in [0.15, 0.2) is 0 Å². The quantitative estimate of drug-likeness (QED) is 0.770. The third-order valence-electron chi connectivity index (χ3n) is 2.14. The predicted molar refractivity (Wildman–Crippen MR) is 55.0 cm³/mol. The maximum atomic E-state index is 11.2. The van der Waals surface area contributed by atoms with E-state index in [1.165, 1.54) is 0 Å². The van der Waals surface area contributed by atoms with E-state index in [1.807, 2.05) is 0 Å². The molecule has 1 aliphatic heterocycles. The first-order valence-electron chi connectivity index (χ1n) is 4.76. The molecule has 1 unspecified atom stereocenters. The molecule has 1 saturated heterocycles. The molecule has 0 aromatic rings. The van der Waals surface area contributed by atoms with Gasteiger partial charge < -0.3 is 10.1 Å². The minimum absolute atomic E-state index is 0.142. The first-order valence-corrected chi connectivity index (χ1v) is 5.88. The van der Waals surface area contributed by atoms with Crippen molar-refractivity contribution >= 4 is 21.8 Å². The maximum absolute atomic E-state index is 11.2. The Labute approximate surface area is 87.3 Å². The summed E-state index contributed by atoms with van der Waals surface area (Å²) in [4.78, 5) is 11.2. The number of hydrogen-bond acceptors (Lipinski definition) is 2. The van der Waals surface area contributed by atoms with E-state index >= 15 is 0 Å². The molecule has 0 aromatic heterocycles. The van der Waals surface area contributed by atoms with E-state index in [1.54, 1.807) is 0 Å². The molecule has 1 rings (SSSR count). The highest BCUT2D eigenvalue weighted by molar-refractivity contribution is 9.09. The first-order chi connectivity index (χ1) is 6.33. The first kappa shape index (κ1) is 11.0. The second-order valence-electron chi connectivity index (χ2n) is 3.25. The van der Waals surface area contributed by atoms with Crippen molar-refractivity contribution in [2.24, 2.45) is 0 Å². The van der Waals surface area contributed by atoms with Gasteiger partial charge in [0, 0.05) is 31.0 Å². The van der Waals surface area contributed by atoms with E-state index in [9.17, 15) is 4.79 Å². The van der Waals surface area contributed by atoms with E-state index < -0.39 is 0 Å². The molecule has 76 valence electrons. The summed E-state index contributed by atoms with van der Waals surface area (Å²) in [5, 5.41) is 3.75. The zero-order chi connectivity index (χ0) is 9.52. The Bertz CT molecular complexity index is 156. The van der Waals surface area contributed by atoms with Crippen molar-refractivity contribution in [2.45, 2.75) is 31.7 Å².